The molecule has 2 unspecified atom stereocenters. The van der Waals surface area contributed by atoms with E-state index in [-0.39, 0.29) is 5.69 Å². The molecule has 18 heavy (non-hydrogen) atoms. The fraction of sp³-hybridized carbons (Fsp3) is 0.692. The molecule has 0 spiro atoms. The summed E-state index contributed by atoms with van der Waals surface area (Å²) in [5.41, 5.74) is 6.32. The smallest absolute Gasteiger partial charge is 0.360 e. The lowest BCUT2D eigenvalue weighted by Gasteiger charge is -2.31. The molecular formula is C13H21N3O2. The lowest BCUT2D eigenvalue weighted by molar-refractivity contribution is 0.0595. The average molecular weight is 251 g/mol. The molecule has 100 valence electrons. The molecule has 0 amide bonds. The summed E-state index contributed by atoms with van der Waals surface area (Å²) in [7, 11) is 1.35. The minimum absolute atomic E-state index is 0.243. The number of ether oxygens (including phenoxy) is 1. The van der Waals surface area contributed by atoms with E-state index in [2.05, 4.69) is 11.9 Å². The second-order valence-corrected chi connectivity index (χ2v) is 5.08. The minimum atomic E-state index is -0.460. The molecule has 1 aromatic rings. The van der Waals surface area contributed by atoms with Gasteiger partial charge in [-0.15, -0.1) is 0 Å². The molecule has 5 heteroatoms. The first-order valence-electron chi connectivity index (χ1n) is 6.48. The molecule has 1 saturated carbocycles. The lowest BCUT2D eigenvalue weighted by atomic mass is 9.85. The van der Waals surface area contributed by atoms with Crippen molar-refractivity contribution in [2.45, 2.75) is 45.6 Å². The van der Waals surface area contributed by atoms with Crippen molar-refractivity contribution in [2.24, 2.45) is 5.92 Å². The molecule has 2 rings (SSSR count). The summed E-state index contributed by atoms with van der Waals surface area (Å²) >= 11 is 0. The number of carbonyl (C=O) groups excluding carboxylic acids is 1. The number of nitrogens with zero attached hydrogens (tertiary/aromatic N) is 2. The van der Waals surface area contributed by atoms with E-state index in [4.69, 9.17) is 10.5 Å². The molecule has 2 atom stereocenters. The normalized spacial score (nSPS) is 23.9. The van der Waals surface area contributed by atoms with Crippen molar-refractivity contribution >= 4 is 11.8 Å². The third-order valence-corrected chi connectivity index (χ3v) is 3.90. The molecule has 0 bridgehead atoms. The first-order chi connectivity index (χ1) is 8.56. The monoisotopic (exact) mass is 251 g/mol. The van der Waals surface area contributed by atoms with E-state index in [0.29, 0.717) is 17.8 Å². The van der Waals surface area contributed by atoms with E-state index in [1.54, 1.807) is 0 Å². The fourth-order valence-electron chi connectivity index (χ4n) is 2.91. The molecular weight excluding hydrogens is 230 g/mol. The standard InChI is InChI=1S/C13H21N3O2/c1-8-6-4-5-7-10(8)16-9(2)15-11(12(16)14)13(17)18-3/h8,10H,4-7,14H2,1-3H3. The molecule has 5 nitrogen and oxygen atoms in total. The van der Waals surface area contributed by atoms with Gasteiger partial charge in [-0.1, -0.05) is 19.8 Å². The van der Waals surface area contributed by atoms with Crippen LogP contribution in [0, 0.1) is 12.8 Å². The van der Waals surface area contributed by atoms with Crippen molar-refractivity contribution in [1.29, 1.82) is 0 Å². The number of hydrogen-bond acceptors (Lipinski definition) is 4. The highest BCUT2D eigenvalue weighted by Crippen LogP contribution is 2.36. The van der Waals surface area contributed by atoms with Crippen molar-refractivity contribution in [3.8, 4) is 0 Å². The highest BCUT2D eigenvalue weighted by molar-refractivity contribution is 5.92. The zero-order valence-corrected chi connectivity index (χ0v) is 11.3. The maximum Gasteiger partial charge on any atom is 0.360 e. The van der Waals surface area contributed by atoms with Crippen LogP contribution in [0.1, 0.15) is 55.0 Å². The Morgan fingerprint density at radius 3 is 2.72 bits per heavy atom. The number of carbonyl (C=O) groups is 1. The molecule has 1 aliphatic rings. The summed E-state index contributed by atoms with van der Waals surface area (Å²) in [6.07, 6.45) is 4.78. The second kappa shape index (κ2) is 5.00. The number of aromatic nitrogens is 2. The van der Waals surface area contributed by atoms with Crippen molar-refractivity contribution in [3.05, 3.63) is 11.5 Å². The first-order valence-corrected chi connectivity index (χ1v) is 6.48. The molecule has 0 saturated heterocycles. The van der Waals surface area contributed by atoms with Crippen LogP contribution < -0.4 is 5.73 Å². The third-order valence-electron chi connectivity index (χ3n) is 3.90. The van der Waals surface area contributed by atoms with Gasteiger partial charge in [-0.3, -0.25) is 0 Å². The van der Waals surface area contributed by atoms with Crippen molar-refractivity contribution < 1.29 is 9.53 Å². The van der Waals surface area contributed by atoms with Gasteiger partial charge >= 0.3 is 5.97 Å². The Balaban J connectivity index is 2.38. The summed E-state index contributed by atoms with van der Waals surface area (Å²) in [6, 6.07) is 0.352. The van der Waals surface area contributed by atoms with Gasteiger partial charge in [0.15, 0.2) is 5.69 Å². The van der Waals surface area contributed by atoms with Gasteiger partial charge in [-0.25, -0.2) is 9.78 Å². The fourth-order valence-corrected chi connectivity index (χ4v) is 2.91. The maximum absolute atomic E-state index is 11.6. The second-order valence-electron chi connectivity index (χ2n) is 5.08. The van der Waals surface area contributed by atoms with Crippen LogP contribution in [0.3, 0.4) is 0 Å². The molecule has 1 fully saturated rings. The summed E-state index contributed by atoms with van der Waals surface area (Å²) in [5, 5.41) is 0. The van der Waals surface area contributed by atoms with Gasteiger partial charge in [0.25, 0.3) is 0 Å². The SMILES string of the molecule is COC(=O)c1nc(C)n(C2CCCCC2C)c1N. The van der Waals surface area contributed by atoms with Gasteiger partial charge < -0.3 is 15.0 Å². The molecule has 0 aliphatic heterocycles. The van der Waals surface area contributed by atoms with Crippen LogP contribution in [0.25, 0.3) is 0 Å². The van der Waals surface area contributed by atoms with Crippen molar-refractivity contribution in [3.63, 3.8) is 0 Å². The molecule has 1 heterocycles. The summed E-state index contributed by atoms with van der Waals surface area (Å²) in [6.45, 7) is 4.13. The number of aryl methyl sites for hydroxylation is 1. The zero-order valence-electron chi connectivity index (χ0n) is 11.3. The highest BCUT2D eigenvalue weighted by Gasteiger charge is 2.28. The van der Waals surface area contributed by atoms with Gasteiger partial charge in [0.05, 0.1) is 7.11 Å². The Labute approximate surface area is 107 Å². The number of hydrogen-bond donors (Lipinski definition) is 1. The summed E-state index contributed by atoms with van der Waals surface area (Å²) in [4.78, 5) is 15.8. The maximum atomic E-state index is 11.6. The van der Waals surface area contributed by atoms with Crippen LogP contribution in [0.15, 0.2) is 0 Å². The van der Waals surface area contributed by atoms with Gasteiger partial charge in [-0.05, 0) is 25.7 Å². The average Bonchev–Trinajstić information content (AvgIpc) is 2.65. The Morgan fingerprint density at radius 2 is 2.11 bits per heavy atom. The number of methoxy groups -OCH3 is 1. The predicted octanol–water partition coefficient (Wildman–Crippen LogP) is 2.31. The Kier molecular flexibility index (Phi) is 3.59. The number of imidazole rings is 1. The molecule has 0 aromatic carbocycles. The zero-order chi connectivity index (χ0) is 13.3. The van der Waals surface area contributed by atoms with Crippen LogP contribution in [0.5, 0.6) is 0 Å². The van der Waals surface area contributed by atoms with Gasteiger partial charge in [0.1, 0.15) is 11.6 Å². The van der Waals surface area contributed by atoms with Crippen LogP contribution in [-0.4, -0.2) is 22.6 Å². The molecule has 2 N–H and O–H groups in total. The molecule has 1 aliphatic carbocycles. The van der Waals surface area contributed by atoms with E-state index in [0.717, 1.165) is 12.2 Å². The van der Waals surface area contributed by atoms with E-state index in [1.165, 1.54) is 26.4 Å². The number of nitrogens with two attached hydrogens (primary N) is 1. The predicted molar refractivity (Wildman–Crippen MR) is 69.4 cm³/mol. The van der Waals surface area contributed by atoms with Crippen molar-refractivity contribution in [2.75, 3.05) is 12.8 Å². The quantitative estimate of drug-likeness (QED) is 0.819. The molecule has 0 radical (unpaired) electrons. The third kappa shape index (κ3) is 2.09. The first kappa shape index (κ1) is 12.9. The number of anilines is 1. The topological polar surface area (TPSA) is 70.1 Å². The Morgan fingerprint density at radius 1 is 1.44 bits per heavy atom. The number of rotatable bonds is 2. The number of nitrogen functional groups attached to an aromatic ring is 1. The summed E-state index contributed by atoms with van der Waals surface area (Å²) < 4.78 is 6.71. The Hall–Kier alpha value is -1.52. The van der Waals surface area contributed by atoms with Crippen LogP contribution in [-0.2, 0) is 4.74 Å². The highest BCUT2D eigenvalue weighted by atomic mass is 16.5. The van der Waals surface area contributed by atoms with Crippen LogP contribution >= 0.6 is 0 Å². The van der Waals surface area contributed by atoms with E-state index in [1.807, 2.05) is 11.5 Å². The molecule has 1 aromatic heterocycles. The summed E-state index contributed by atoms with van der Waals surface area (Å²) in [5.74, 6) is 1.35. The van der Waals surface area contributed by atoms with Gasteiger partial charge in [0, 0.05) is 6.04 Å². The van der Waals surface area contributed by atoms with E-state index >= 15 is 0 Å². The van der Waals surface area contributed by atoms with E-state index in [9.17, 15) is 4.79 Å². The number of esters is 1. The van der Waals surface area contributed by atoms with Gasteiger partial charge in [-0.2, -0.15) is 0 Å². The lowest BCUT2D eigenvalue weighted by Crippen LogP contribution is -2.23. The van der Waals surface area contributed by atoms with Crippen LogP contribution in [0.2, 0.25) is 0 Å². The van der Waals surface area contributed by atoms with Crippen molar-refractivity contribution in [1.82, 2.24) is 9.55 Å². The van der Waals surface area contributed by atoms with E-state index < -0.39 is 5.97 Å². The van der Waals surface area contributed by atoms with Gasteiger partial charge in [0.2, 0.25) is 0 Å². The largest absolute Gasteiger partial charge is 0.464 e. The Bertz CT molecular complexity index is 453. The van der Waals surface area contributed by atoms with Crippen LogP contribution in [0.4, 0.5) is 5.82 Å². The minimum Gasteiger partial charge on any atom is -0.464 e.